The molecule has 0 aromatic rings. The fourth-order valence-corrected chi connectivity index (χ4v) is 4.56. The Labute approximate surface area is 109 Å². The lowest BCUT2D eigenvalue weighted by molar-refractivity contribution is -0.138. The molecular weight excluding hydrogens is 252 g/mol. The molecule has 5 nitrogen and oxygen atoms in total. The monoisotopic (exact) mass is 274 g/mol. The molecule has 2 rings (SSSR count). The first kappa shape index (κ1) is 13.8. The standard InChI is InChI=1S/C12H22N2O3S/c1-9-8-18(16,17)7-6-14(9)12(15)10-4-2-3-5-11(10)13/h9-11H,2-8,13H2,1H3. The minimum Gasteiger partial charge on any atom is -0.338 e. The molecule has 0 radical (unpaired) electrons. The maximum absolute atomic E-state index is 12.4. The van der Waals surface area contributed by atoms with Crippen LogP contribution in [0.25, 0.3) is 0 Å². The number of sulfone groups is 1. The van der Waals surface area contributed by atoms with Crippen molar-refractivity contribution in [2.75, 3.05) is 18.1 Å². The molecule has 1 amide bonds. The Balaban J connectivity index is 2.05. The summed E-state index contributed by atoms with van der Waals surface area (Å²) in [6.07, 6.45) is 3.88. The zero-order valence-corrected chi connectivity index (χ0v) is 11.7. The molecule has 3 unspecified atom stereocenters. The zero-order valence-electron chi connectivity index (χ0n) is 10.8. The minimum absolute atomic E-state index is 0.0583. The predicted molar refractivity (Wildman–Crippen MR) is 69.8 cm³/mol. The second-order valence-corrected chi connectivity index (χ2v) is 7.78. The van der Waals surface area contributed by atoms with Gasteiger partial charge in [-0.3, -0.25) is 4.79 Å². The van der Waals surface area contributed by atoms with Gasteiger partial charge in [0, 0.05) is 18.6 Å². The van der Waals surface area contributed by atoms with Gasteiger partial charge in [-0.2, -0.15) is 0 Å². The van der Waals surface area contributed by atoms with Crippen LogP contribution in [0.2, 0.25) is 0 Å². The number of hydrogen-bond acceptors (Lipinski definition) is 4. The first-order valence-electron chi connectivity index (χ1n) is 6.67. The minimum atomic E-state index is -2.97. The lowest BCUT2D eigenvalue weighted by atomic mass is 9.84. The van der Waals surface area contributed by atoms with Crippen molar-refractivity contribution in [1.29, 1.82) is 0 Å². The van der Waals surface area contributed by atoms with E-state index in [1.165, 1.54) is 0 Å². The maximum atomic E-state index is 12.4. The highest BCUT2D eigenvalue weighted by Gasteiger charge is 2.37. The third kappa shape index (κ3) is 2.85. The molecule has 18 heavy (non-hydrogen) atoms. The molecule has 2 aliphatic rings. The summed E-state index contributed by atoms with van der Waals surface area (Å²) < 4.78 is 23.0. The van der Waals surface area contributed by atoms with E-state index in [1.54, 1.807) is 4.90 Å². The number of hydrogen-bond donors (Lipinski definition) is 1. The molecule has 104 valence electrons. The normalized spacial score (nSPS) is 36.3. The van der Waals surface area contributed by atoms with Crippen LogP contribution in [0.4, 0.5) is 0 Å². The van der Waals surface area contributed by atoms with E-state index < -0.39 is 9.84 Å². The van der Waals surface area contributed by atoms with Gasteiger partial charge in [0.2, 0.25) is 5.91 Å². The fraction of sp³-hybridized carbons (Fsp3) is 0.917. The number of rotatable bonds is 1. The second kappa shape index (κ2) is 5.17. The SMILES string of the molecule is CC1CS(=O)(=O)CCN1C(=O)C1CCCCC1N. The van der Waals surface area contributed by atoms with Crippen LogP contribution in [0.1, 0.15) is 32.6 Å². The van der Waals surface area contributed by atoms with E-state index in [1.807, 2.05) is 6.92 Å². The maximum Gasteiger partial charge on any atom is 0.227 e. The Bertz CT molecular complexity index is 421. The molecule has 1 aliphatic heterocycles. The van der Waals surface area contributed by atoms with E-state index in [0.717, 1.165) is 25.7 Å². The topological polar surface area (TPSA) is 80.5 Å². The Hall–Kier alpha value is -0.620. The molecule has 0 aromatic carbocycles. The lowest BCUT2D eigenvalue weighted by Gasteiger charge is -2.38. The first-order chi connectivity index (χ1) is 8.41. The van der Waals surface area contributed by atoms with Crippen molar-refractivity contribution in [2.24, 2.45) is 11.7 Å². The summed E-state index contributed by atoms with van der Waals surface area (Å²) in [5, 5.41) is 0. The molecule has 2 N–H and O–H groups in total. The molecule has 1 saturated carbocycles. The Morgan fingerprint density at radius 3 is 2.56 bits per heavy atom. The summed E-state index contributed by atoms with van der Waals surface area (Å²) >= 11 is 0. The highest BCUT2D eigenvalue weighted by Crippen LogP contribution is 2.26. The van der Waals surface area contributed by atoms with Gasteiger partial charge in [0.15, 0.2) is 9.84 Å². The van der Waals surface area contributed by atoms with Crippen LogP contribution >= 0.6 is 0 Å². The Morgan fingerprint density at radius 1 is 1.28 bits per heavy atom. The average Bonchev–Trinajstić information content (AvgIpc) is 2.27. The van der Waals surface area contributed by atoms with Gasteiger partial charge >= 0.3 is 0 Å². The van der Waals surface area contributed by atoms with Crippen LogP contribution in [-0.2, 0) is 14.6 Å². The van der Waals surface area contributed by atoms with Crippen LogP contribution in [0, 0.1) is 5.92 Å². The molecule has 2 fully saturated rings. The largest absolute Gasteiger partial charge is 0.338 e. The Morgan fingerprint density at radius 2 is 1.94 bits per heavy atom. The third-order valence-corrected chi connectivity index (χ3v) is 5.88. The molecular formula is C12H22N2O3S. The van der Waals surface area contributed by atoms with Crippen molar-refractivity contribution in [3.05, 3.63) is 0 Å². The van der Waals surface area contributed by atoms with Crippen LogP contribution in [0.3, 0.4) is 0 Å². The molecule has 0 bridgehead atoms. The number of nitrogens with zero attached hydrogens (tertiary/aromatic N) is 1. The van der Waals surface area contributed by atoms with E-state index in [9.17, 15) is 13.2 Å². The van der Waals surface area contributed by atoms with Crippen molar-refractivity contribution in [3.63, 3.8) is 0 Å². The molecule has 1 heterocycles. The van der Waals surface area contributed by atoms with Crippen molar-refractivity contribution >= 4 is 15.7 Å². The van der Waals surface area contributed by atoms with Gasteiger partial charge in [-0.1, -0.05) is 12.8 Å². The Kier molecular flexibility index (Phi) is 3.96. The third-order valence-electron chi connectivity index (χ3n) is 4.09. The average molecular weight is 274 g/mol. The van der Waals surface area contributed by atoms with Crippen LogP contribution in [-0.4, -0.2) is 49.4 Å². The van der Waals surface area contributed by atoms with Crippen LogP contribution in [0.5, 0.6) is 0 Å². The van der Waals surface area contributed by atoms with Crippen LogP contribution in [0.15, 0.2) is 0 Å². The van der Waals surface area contributed by atoms with E-state index >= 15 is 0 Å². The molecule has 1 aliphatic carbocycles. The fourth-order valence-electron chi connectivity index (χ4n) is 3.01. The number of amides is 1. The van der Waals surface area contributed by atoms with Crippen molar-refractivity contribution < 1.29 is 13.2 Å². The van der Waals surface area contributed by atoms with E-state index in [-0.39, 0.29) is 35.4 Å². The van der Waals surface area contributed by atoms with Crippen molar-refractivity contribution in [2.45, 2.75) is 44.7 Å². The second-order valence-electron chi connectivity index (χ2n) is 5.55. The van der Waals surface area contributed by atoms with Gasteiger partial charge in [0.05, 0.1) is 17.4 Å². The van der Waals surface area contributed by atoms with E-state index in [0.29, 0.717) is 6.54 Å². The van der Waals surface area contributed by atoms with Gasteiger partial charge in [0.1, 0.15) is 0 Å². The smallest absolute Gasteiger partial charge is 0.227 e. The number of carbonyl (C=O) groups excluding carboxylic acids is 1. The summed E-state index contributed by atoms with van der Waals surface area (Å²) in [7, 11) is -2.97. The van der Waals surface area contributed by atoms with E-state index in [4.69, 9.17) is 5.73 Å². The van der Waals surface area contributed by atoms with Gasteiger partial charge in [-0.15, -0.1) is 0 Å². The highest BCUT2D eigenvalue weighted by molar-refractivity contribution is 7.91. The van der Waals surface area contributed by atoms with E-state index in [2.05, 4.69) is 0 Å². The number of nitrogens with two attached hydrogens (primary N) is 1. The number of carbonyl (C=O) groups is 1. The van der Waals surface area contributed by atoms with Crippen molar-refractivity contribution in [1.82, 2.24) is 4.90 Å². The summed E-state index contributed by atoms with van der Waals surface area (Å²) in [5.74, 6) is 0.123. The summed E-state index contributed by atoms with van der Waals surface area (Å²) in [5.41, 5.74) is 6.02. The quantitative estimate of drug-likeness (QED) is 0.738. The molecule has 0 aromatic heterocycles. The van der Waals surface area contributed by atoms with Gasteiger partial charge in [0.25, 0.3) is 0 Å². The van der Waals surface area contributed by atoms with Crippen molar-refractivity contribution in [3.8, 4) is 0 Å². The summed E-state index contributed by atoms with van der Waals surface area (Å²) in [4.78, 5) is 14.2. The lowest BCUT2D eigenvalue weighted by Crippen LogP contribution is -2.54. The molecule has 6 heteroatoms. The summed E-state index contributed by atoms with van der Waals surface area (Å²) in [6, 6.07) is -0.276. The summed E-state index contributed by atoms with van der Waals surface area (Å²) in [6.45, 7) is 2.13. The van der Waals surface area contributed by atoms with Crippen LogP contribution < -0.4 is 5.73 Å². The first-order valence-corrected chi connectivity index (χ1v) is 8.49. The molecule has 3 atom stereocenters. The highest BCUT2D eigenvalue weighted by atomic mass is 32.2. The molecule has 0 spiro atoms. The predicted octanol–water partition coefficient (Wildman–Crippen LogP) is 0.149. The van der Waals surface area contributed by atoms with Gasteiger partial charge in [-0.05, 0) is 19.8 Å². The van der Waals surface area contributed by atoms with Gasteiger partial charge in [-0.25, -0.2) is 8.42 Å². The molecule has 1 saturated heterocycles. The zero-order chi connectivity index (χ0) is 13.3. The van der Waals surface area contributed by atoms with Gasteiger partial charge < -0.3 is 10.6 Å².